The molecule has 0 rings (SSSR count). The van der Waals surface area contributed by atoms with Gasteiger partial charge in [-0.1, -0.05) is 0 Å². The van der Waals surface area contributed by atoms with E-state index in [1.54, 1.807) is 0 Å². The van der Waals surface area contributed by atoms with Crippen molar-refractivity contribution >= 4 is 15.9 Å². The maximum atomic E-state index is 10.3. The monoisotopic (exact) mass is 203 g/mol. The Morgan fingerprint density at radius 3 is 2.11 bits per heavy atom. The van der Waals surface area contributed by atoms with Gasteiger partial charge < -0.3 is 10.2 Å². The summed E-state index contributed by atoms with van der Waals surface area (Å²) in [5.41, 5.74) is 0. The molecule has 0 spiro atoms. The lowest BCUT2D eigenvalue weighted by Gasteiger charge is -2.11. The number of alkyl halides is 1. The Hall–Kier alpha value is -0.200. The predicted molar refractivity (Wildman–Crippen MR) is 32.8 cm³/mol. The van der Waals surface area contributed by atoms with Gasteiger partial charge >= 0.3 is 4.45 Å². The predicted octanol–water partition coefficient (Wildman–Crippen LogP) is -0.661. The second-order valence-electron chi connectivity index (χ2n) is 1.10. The largest absolute Gasteiger partial charge is 0.388 e. The lowest BCUT2D eigenvalue weighted by molar-refractivity contribution is -0.542. The number of halogens is 1. The average molecular weight is 204 g/mol. The van der Waals surface area contributed by atoms with Crippen molar-refractivity contribution < 1.29 is 20.6 Å². The molecule has 0 atom stereocenters. The van der Waals surface area contributed by atoms with Crippen LogP contribution in [0.1, 0.15) is 5.48 Å². The van der Waals surface area contributed by atoms with Gasteiger partial charge in [0.1, 0.15) is 13.1 Å². The van der Waals surface area contributed by atoms with Crippen LogP contribution in [0.15, 0.2) is 0 Å². The molecule has 9 heavy (non-hydrogen) atoms. The first-order chi connectivity index (χ1) is 5.44. The molecule has 0 fully saturated rings. The van der Waals surface area contributed by atoms with Gasteiger partial charge in [-0.25, -0.2) is 0 Å². The molecule has 54 valence electrons. The maximum Gasteiger partial charge on any atom is 0.319 e. The van der Waals surface area contributed by atoms with Crippen molar-refractivity contribution in [3.05, 3.63) is 10.1 Å². The van der Waals surface area contributed by atoms with Crippen molar-refractivity contribution in [1.82, 2.24) is 0 Å². The van der Waals surface area contributed by atoms with Gasteiger partial charge in [-0.05, 0) is 0 Å². The topological polar surface area (TPSA) is 83.6 Å². The van der Waals surface area contributed by atoms with E-state index in [9.17, 15) is 10.1 Å². The van der Waals surface area contributed by atoms with Crippen molar-refractivity contribution in [2.75, 3.05) is 13.1 Å². The number of aliphatic hydroxyl groups is 2. The summed E-state index contributed by atoms with van der Waals surface area (Å²) in [6.07, 6.45) is 0. The molecular formula is C3H6BrNO4. The van der Waals surface area contributed by atoms with Gasteiger partial charge in [0.05, 0.1) is 5.48 Å². The molecule has 0 aliphatic heterocycles. The summed E-state index contributed by atoms with van der Waals surface area (Å²) in [6.45, 7) is -7.09. The quantitative estimate of drug-likeness (QED) is 0.276. The van der Waals surface area contributed by atoms with Gasteiger partial charge in [-0.2, -0.15) is 0 Å². The Bertz CT molecular complexity index is 208. The first-order valence-electron chi connectivity index (χ1n) is 3.72. The van der Waals surface area contributed by atoms with E-state index in [-0.39, 0.29) is 0 Å². The molecule has 0 aliphatic carbocycles. The van der Waals surface area contributed by atoms with E-state index in [4.69, 9.17) is 15.7 Å². The average Bonchev–Trinajstić information content (AvgIpc) is 1.80. The lowest BCUT2D eigenvalue weighted by atomic mass is 10.4. The molecule has 2 N–H and O–H groups in total. The van der Waals surface area contributed by atoms with E-state index in [0.29, 0.717) is 0 Å². The first-order valence-corrected chi connectivity index (χ1v) is 2.52. The Kier molecular flexibility index (Phi) is 1.32. The zero-order valence-corrected chi connectivity index (χ0v) is 5.62. The highest BCUT2D eigenvalue weighted by Crippen LogP contribution is 2.15. The van der Waals surface area contributed by atoms with E-state index in [1.165, 1.54) is 0 Å². The van der Waals surface area contributed by atoms with Gasteiger partial charge in [0.2, 0.25) is 0 Å². The number of hydrogen-bond donors (Lipinski definition) is 2. The van der Waals surface area contributed by atoms with Crippen LogP contribution >= 0.6 is 15.9 Å². The molecule has 0 aromatic heterocycles. The summed E-state index contributed by atoms with van der Waals surface area (Å²) in [6, 6.07) is 0. The highest BCUT2D eigenvalue weighted by Gasteiger charge is 2.38. The molecule has 0 aromatic rings. The molecule has 0 unspecified atom stereocenters. The summed E-state index contributed by atoms with van der Waals surface area (Å²) < 4.78 is 23.1. The summed E-state index contributed by atoms with van der Waals surface area (Å²) in [4.78, 5) is 8.79. The van der Waals surface area contributed by atoms with Gasteiger partial charge in [-0.15, -0.1) is 0 Å². The van der Waals surface area contributed by atoms with Gasteiger partial charge in [0, 0.05) is 20.9 Å². The summed E-state index contributed by atoms with van der Waals surface area (Å²) in [5.74, 6) is 0. The van der Waals surface area contributed by atoms with Gasteiger partial charge in [-0.3, -0.25) is 10.1 Å². The van der Waals surface area contributed by atoms with Gasteiger partial charge in [0.25, 0.3) is 0 Å². The number of hydrogen-bond acceptors (Lipinski definition) is 4. The van der Waals surface area contributed by atoms with Gasteiger partial charge in [0.15, 0.2) is 0 Å². The van der Waals surface area contributed by atoms with Crippen LogP contribution in [0.2, 0.25) is 0 Å². The van der Waals surface area contributed by atoms with Crippen LogP contribution in [0.4, 0.5) is 0 Å². The normalized spacial score (nSPS) is 21.2. The van der Waals surface area contributed by atoms with Crippen molar-refractivity contribution in [1.29, 1.82) is 0 Å². The number of nitro groups is 1. The molecule has 0 amide bonds. The molecule has 0 saturated carbocycles. The Labute approximate surface area is 65.2 Å². The maximum absolute atomic E-state index is 10.3. The molecule has 0 radical (unpaired) electrons. The molecule has 5 nitrogen and oxygen atoms in total. The van der Waals surface area contributed by atoms with Crippen LogP contribution < -0.4 is 0 Å². The van der Waals surface area contributed by atoms with E-state index >= 15 is 0 Å². The van der Waals surface area contributed by atoms with E-state index in [2.05, 4.69) is 0 Å². The molecule has 0 heterocycles. The molecule has 6 heteroatoms. The molecule has 0 saturated heterocycles. The number of rotatable bonds is 3. The Morgan fingerprint density at radius 1 is 1.78 bits per heavy atom. The molecule has 0 aromatic carbocycles. The van der Waals surface area contributed by atoms with Crippen LogP contribution in [0.25, 0.3) is 0 Å². The summed E-state index contributed by atoms with van der Waals surface area (Å²) >= 11 is 2.04. The van der Waals surface area contributed by atoms with Crippen LogP contribution in [-0.2, 0) is 0 Å². The highest BCUT2D eigenvalue weighted by atomic mass is 79.9. The third kappa shape index (κ3) is 1.88. The van der Waals surface area contributed by atoms with Crippen LogP contribution in [0, 0.1) is 10.1 Å². The minimum absolute atomic E-state index is 1.48. The van der Waals surface area contributed by atoms with E-state index in [0.717, 1.165) is 0 Å². The standard InChI is InChI=1S/C3H6BrNO4/c4-3(1-6,2-7)5(8)9/h6-7H,1-2H2/i1D2,2D2. The van der Waals surface area contributed by atoms with E-state index < -0.39 is 22.5 Å². The zero-order chi connectivity index (χ0) is 11.1. The highest BCUT2D eigenvalue weighted by molar-refractivity contribution is 9.10. The van der Waals surface area contributed by atoms with Crippen molar-refractivity contribution in [2.45, 2.75) is 4.45 Å². The fourth-order valence-corrected chi connectivity index (χ4v) is 0.107. The fraction of sp³-hybridized carbons (Fsp3) is 1.00. The third-order valence-electron chi connectivity index (χ3n) is 0.548. The minimum atomic E-state index is -3.55. The number of nitrogens with zero attached hydrogens (tertiary/aromatic N) is 1. The van der Waals surface area contributed by atoms with Crippen LogP contribution in [0.3, 0.4) is 0 Å². The Morgan fingerprint density at radius 2 is 2.11 bits per heavy atom. The van der Waals surface area contributed by atoms with Crippen LogP contribution in [-0.4, -0.2) is 32.7 Å². The second kappa shape index (κ2) is 3.09. The fourth-order valence-electron chi connectivity index (χ4n) is 0.107. The molecular weight excluding hydrogens is 194 g/mol. The zero-order valence-electron chi connectivity index (χ0n) is 8.04. The molecule has 0 aliphatic rings. The SMILES string of the molecule is [2H]C([2H])(O)C(Br)([N+](=O)[O-])C([2H])([2H])O. The Balaban J connectivity index is 5.35. The van der Waals surface area contributed by atoms with Crippen LogP contribution in [0.5, 0.6) is 0 Å². The molecule has 0 bridgehead atoms. The third-order valence-corrected chi connectivity index (χ3v) is 1.19. The van der Waals surface area contributed by atoms with E-state index in [1.807, 2.05) is 15.9 Å². The summed E-state index contributed by atoms with van der Waals surface area (Å²) in [7, 11) is 0. The summed E-state index contributed by atoms with van der Waals surface area (Å²) in [5, 5.41) is 27.6. The first kappa shape index (κ1) is 3.85. The van der Waals surface area contributed by atoms with Crippen molar-refractivity contribution in [3.63, 3.8) is 0 Å². The lowest BCUT2D eigenvalue weighted by Crippen LogP contribution is -2.39. The van der Waals surface area contributed by atoms with Crippen molar-refractivity contribution in [3.8, 4) is 0 Å². The second-order valence-corrected chi connectivity index (χ2v) is 2.25. The smallest absolute Gasteiger partial charge is 0.319 e. The van der Waals surface area contributed by atoms with Crippen molar-refractivity contribution in [2.24, 2.45) is 0 Å². The minimum Gasteiger partial charge on any atom is -0.388 e.